The second-order valence-corrected chi connectivity index (χ2v) is 6.28. The van der Waals surface area contributed by atoms with Crippen LogP contribution in [-0.2, 0) is 0 Å². The number of hydrogen-bond acceptors (Lipinski definition) is 3. The molecule has 0 aliphatic carbocycles. The van der Waals surface area contributed by atoms with Gasteiger partial charge in [0, 0.05) is 22.5 Å². The summed E-state index contributed by atoms with van der Waals surface area (Å²) < 4.78 is 9.08. The van der Waals surface area contributed by atoms with Gasteiger partial charge >= 0.3 is 0 Å². The summed E-state index contributed by atoms with van der Waals surface area (Å²) in [5.41, 5.74) is 1.85. The Hall–Kier alpha value is -1.33. The second-order valence-electron chi connectivity index (χ2n) is 5.36. The summed E-state index contributed by atoms with van der Waals surface area (Å²) >= 11 is 3.42. The molecule has 0 radical (unpaired) electrons. The van der Waals surface area contributed by atoms with Crippen molar-refractivity contribution in [2.24, 2.45) is 0 Å². The quantitative estimate of drug-likeness (QED) is 0.907. The topological polar surface area (TPSA) is 47.3 Å². The van der Waals surface area contributed by atoms with Crippen LogP contribution >= 0.6 is 15.9 Å². The molecule has 4 nitrogen and oxygen atoms in total. The largest absolute Gasteiger partial charge is 0.484 e. The van der Waals surface area contributed by atoms with E-state index in [0.29, 0.717) is 12.5 Å². The predicted octanol–water partition coefficient (Wildman–Crippen LogP) is 3.78. The Bertz CT molecular complexity index is 624. The first-order valence-electron chi connectivity index (χ1n) is 6.72. The van der Waals surface area contributed by atoms with Crippen LogP contribution < -0.4 is 4.74 Å². The Morgan fingerprint density at radius 2 is 2.25 bits per heavy atom. The molecule has 1 N–H and O–H groups in total. The average molecular weight is 337 g/mol. The molecule has 5 heteroatoms. The molecule has 0 amide bonds. The van der Waals surface area contributed by atoms with Gasteiger partial charge < -0.3 is 14.4 Å². The molecule has 1 aliphatic rings. The smallest absolute Gasteiger partial charge is 0.143 e. The molecule has 0 saturated heterocycles. The molecular weight excluding hydrogens is 320 g/mol. The molecule has 0 saturated carbocycles. The van der Waals surface area contributed by atoms with Crippen LogP contribution in [0.2, 0.25) is 0 Å². The van der Waals surface area contributed by atoms with Gasteiger partial charge in [0.1, 0.15) is 11.9 Å². The summed E-state index contributed by atoms with van der Waals surface area (Å²) in [5, 5.41) is 10.4. The van der Waals surface area contributed by atoms with Crippen molar-refractivity contribution >= 4 is 15.9 Å². The highest BCUT2D eigenvalue weighted by atomic mass is 79.9. The SMILES string of the molecule is CC(C)n1cncc1C1C[C@H](O)c2cc(Br)ccc2O1. The van der Waals surface area contributed by atoms with E-state index in [-0.39, 0.29) is 6.10 Å². The van der Waals surface area contributed by atoms with Crippen LogP contribution in [0.4, 0.5) is 0 Å². The zero-order valence-electron chi connectivity index (χ0n) is 11.5. The number of fused-ring (bicyclic) bond motifs is 1. The van der Waals surface area contributed by atoms with Gasteiger partial charge in [0.25, 0.3) is 0 Å². The van der Waals surface area contributed by atoms with E-state index in [2.05, 4.69) is 39.3 Å². The first kappa shape index (κ1) is 13.6. The molecule has 3 rings (SSSR count). The number of benzene rings is 1. The fraction of sp³-hybridized carbons (Fsp3) is 0.400. The molecule has 1 aliphatic heterocycles. The van der Waals surface area contributed by atoms with E-state index in [9.17, 15) is 5.11 Å². The minimum atomic E-state index is -0.517. The van der Waals surface area contributed by atoms with E-state index in [0.717, 1.165) is 21.5 Å². The third-order valence-corrected chi connectivity index (χ3v) is 4.11. The number of aliphatic hydroxyl groups excluding tert-OH is 1. The fourth-order valence-corrected chi connectivity index (χ4v) is 2.97. The van der Waals surface area contributed by atoms with E-state index in [1.165, 1.54) is 0 Å². The molecule has 0 spiro atoms. The lowest BCUT2D eigenvalue weighted by molar-refractivity contribution is 0.0613. The minimum Gasteiger partial charge on any atom is -0.484 e. The zero-order chi connectivity index (χ0) is 14.3. The van der Waals surface area contributed by atoms with E-state index >= 15 is 0 Å². The first-order valence-corrected chi connectivity index (χ1v) is 7.51. The van der Waals surface area contributed by atoms with Gasteiger partial charge in [-0.25, -0.2) is 4.98 Å². The molecule has 2 heterocycles. The third kappa shape index (κ3) is 2.36. The van der Waals surface area contributed by atoms with Crippen LogP contribution in [0, 0.1) is 0 Å². The Balaban J connectivity index is 1.95. The highest BCUT2D eigenvalue weighted by Crippen LogP contribution is 2.41. The number of aliphatic hydroxyl groups is 1. The molecule has 0 bridgehead atoms. The van der Waals surface area contributed by atoms with Gasteiger partial charge in [0.05, 0.1) is 24.3 Å². The maximum absolute atomic E-state index is 10.4. The van der Waals surface area contributed by atoms with E-state index in [1.807, 2.05) is 30.7 Å². The second kappa shape index (κ2) is 5.22. The minimum absolute atomic E-state index is 0.163. The summed E-state index contributed by atoms with van der Waals surface area (Å²) in [6.07, 6.45) is 3.50. The van der Waals surface area contributed by atoms with Crippen molar-refractivity contribution in [3.05, 3.63) is 46.5 Å². The van der Waals surface area contributed by atoms with Gasteiger partial charge in [-0.1, -0.05) is 15.9 Å². The molecule has 1 unspecified atom stereocenters. The van der Waals surface area contributed by atoms with Crippen molar-refractivity contribution in [1.29, 1.82) is 0 Å². The summed E-state index contributed by atoms with van der Waals surface area (Å²) in [6, 6.07) is 6.05. The lowest BCUT2D eigenvalue weighted by atomic mass is 9.97. The van der Waals surface area contributed by atoms with Crippen LogP contribution in [0.25, 0.3) is 0 Å². The number of imidazole rings is 1. The van der Waals surface area contributed by atoms with E-state index in [4.69, 9.17) is 4.74 Å². The molecule has 20 heavy (non-hydrogen) atoms. The number of halogens is 1. The Morgan fingerprint density at radius 3 is 3.00 bits per heavy atom. The first-order chi connectivity index (χ1) is 9.56. The van der Waals surface area contributed by atoms with E-state index in [1.54, 1.807) is 0 Å². The Labute approximate surface area is 126 Å². The van der Waals surface area contributed by atoms with Crippen LogP contribution in [0.15, 0.2) is 35.2 Å². The van der Waals surface area contributed by atoms with Crippen LogP contribution in [0.3, 0.4) is 0 Å². The van der Waals surface area contributed by atoms with Crippen molar-refractivity contribution < 1.29 is 9.84 Å². The molecule has 1 aromatic heterocycles. The normalized spacial score (nSPS) is 21.6. The van der Waals surface area contributed by atoms with Crippen molar-refractivity contribution in [1.82, 2.24) is 9.55 Å². The van der Waals surface area contributed by atoms with E-state index < -0.39 is 6.10 Å². The van der Waals surface area contributed by atoms with Gasteiger partial charge in [-0.15, -0.1) is 0 Å². The summed E-state index contributed by atoms with van der Waals surface area (Å²) in [7, 11) is 0. The Morgan fingerprint density at radius 1 is 1.45 bits per heavy atom. The van der Waals surface area contributed by atoms with Crippen LogP contribution in [0.5, 0.6) is 5.75 Å². The number of hydrogen-bond donors (Lipinski definition) is 1. The molecule has 1 aromatic carbocycles. The van der Waals surface area contributed by atoms with Crippen molar-refractivity contribution in [3.63, 3.8) is 0 Å². The lowest BCUT2D eigenvalue weighted by Gasteiger charge is -2.30. The number of aromatic nitrogens is 2. The van der Waals surface area contributed by atoms with Crippen LogP contribution in [0.1, 0.15) is 49.8 Å². The lowest BCUT2D eigenvalue weighted by Crippen LogP contribution is -2.22. The van der Waals surface area contributed by atoms with Gasteiger partial charge in [-0.2, -0.15) is 0 Å². The highest BCUT2D eigenvalue weighted by molar-refractivity contribution is 9.10. The Kier molecular flexibility index (Phi) is 3.56. The number of ether oxygens (including phenoxy) is 1. The van der Waals surface area contributed by atoms with Crippen molar-refractivity contribution in [2.45, 2.75) is 38.5 Å². The number of nitrogens with zero attached hydrogens (tertiary/aromatic N) is 2. The molecule has 2 atom stereocenters. The predicted molar refractivity (Wildman–Crippen MR) is 79.7 cm³/mol. The maximum Gasteiger partial charge on any atom is 0.143 e. The summed E-state index contributed by atoms with van der Waals surface area (Å²) in [4.78, 5) is 4.21. The molecule has 0 fully saturated rings. The van der Waals surface area contributed by atoms with Crippen LogP contribution in [-0.4, -0.2) is 14.7 Å². The monoisotopic (exact) mass is 336 g/mol. The summed E-state index contributed by atoms with van der Waals surface area (Å²) in [6.45, 7) is 4.21. The maximum atomic E-state index is 10.4. The fourth-order valence-electron chi connectivity index (χ4n) is 2.60. The molecule has 2 aromatic rings. The number of rotatable bonds is 2. The highest BCUT2D eigenvalue weighted by Gasteiger charge is 2.30. The standard InChI is InChI=1S/C15H17BrN2O2/c1-9(2)18-8-17-7-12(18)15-6-13(19)11-5-10(16)3-4-14(11)20-15/h3-5,7-9,13,15,19H,6H2,1-2H3/t13-,15?/m0/s1. The van der Waals surface area contributed by atoms with Gasteiger partial charge in [0.15, 0.2) is 0 Å². The summed E-state index contributed by atoms with van der Waals surface area (Å²) in [5.74, 6) is 0.744. The van der Waals surface area contributed by atoms with Gasteiger partial charge in [-0.3, -0.25) is 0 Å². The third-order valence-electron chi connectivity index (χ3n) is 3.62. The molecule has 106 valence electrons. The zero-order valence-corrected chi connectivity index (χ0v) is 13.0. The van der Waals surface area contributed by atoms with Crippen molar-refractivity contribution in [2.75, 3.05) is 0 Å². The van der Waals surface area contributed by atoms with Gasteiger partial charge in [-0.05, 0) is 32.0 Å². The molecular formula is C15H17BrN2O2. The van der Waals surface area contributed by atoms with Crippen molar-refractivity contribution in [3.8, 4) is 5.75 Å². The van der Waals surface area contributed by atoms with Gasteiger partial charge in [0.2, 0.25) is 0 Å². The average Bonchev–Trinajstić information content (AvgIpc) is 2.89.